The molecule has 0 fully saturated rings. The van der Waals surface area contributed by atoms with Crippen LogP contribution in [0, 0.1) is 0 Å². The predicted molar refractivity (Wildman–Crippen MR) is 73.9 cm³/mol. The third-order valence-electron chi connectivity index (χ3n) is 2.64. The lowest BCUT2D eigenvalue weighted by molar-refractivity contribution is -0.121. The van der Waals surface area contributed by atoms with Gasteiger partial charge in [0.05, 0.1) is 0 Å². The topological polar surface area (TPSA) is 103 Å². The summed E-state index contributed by atoms with van der Waals surface area (Å²) in [6, 6.07) is 7.09. The second-order valence-electron chi connectivity index (χ2n) is 4.18. The number of rotatable bonds is 5. The molecular formula is C13H15N5O2. The lowest BCUT2D eigenvalue weighted by Crippen LogP contribution is -2.34. The smallest absolute Gasteiger partial charge is 0.349 e. The van der Waals surface area contributed by atoms with Crippen molar-refractivity contribution in [3.63, 3.8) is 0 Å². The molecule has 104 valence electrons. The van der Waals surface area contributed by atoms with Crippen molar-refractivity contribution in [1.29, 1.82) is 0 Å². The van der Waals surface area contributed by atoms with Crippen LogP contribution in [-0.4, -0.2) is 27.0 Å². The maximum atomic E-state index is 11.7. The monoisotopic (exact) mass is 273 g/mol. The summed E-state index contributed by atoms with van der Waals surface area (Å²) in [5, 5.41) is 2.72. The van der Waals surface area contributed by atoms with Gasteiger partial charge in [-0.1, -0.05) is 6.07 Å². The second-order valence-corrected chi connectivity index (χ2v) is 4.18. The molecule has 2 aromatic heterocycles. The number of nitrogens with zero attached hydrogens (tertiary/aromatic N) is 3. The van der Waals surface area contributed by atoms with Crippen molar-refractivity contribution >= 4 is 11.7 Å². The van der Waals surface area contributed by atoms with E-state index in [0.717, 1.165) is 5.69 Å². The Morgan fingerprint density at radius 2 is 2.20 bits per heavy atom. The third-order valence-corrected chi connectivity index (χ3v) is 2.64. The van der Waals surface area contributed by atoms with Crippen molar-refractivity contribution < 1.29 is 4.79 Å². The first-order chi connectivity index (χ1) is 9.65. The minimum absolute atomic E-state index is 0.0751. The molecule has 20 heavy (non-hydrogen) atoms. The van der Waals surface area contributed by atoms with Gasteiger partial charge in [0.1, 0.15) is 12.4 Å². The molecule has 0 saturated heterocycles. The van der Waals surface area contributed by atoms with Crippen molar-refractivity contribution in [2.75, 3.05) is 12.3 Å². The summed E-state index contributed by atoms with van der Waals surface area (Å²) in [6.45, 7) is 0.390. The molecule has 7 nitrogen and oxygen atoms in total. The number of hydrogen-bond donors (Lipinski definition) is 2. The number of nitrogen functional groups attached to an aromatic ring is 1. The number of nitrogens with one attached hydrogen (secondary N) is 1. The van der Waals surface area contributed by atoms with Gasteiger partial charge >= 0.3 is 5.69 Å². The number of carbonyl (C=O) groups is 1. The van der Waals surface area contributed by atoms with Gasteiger partial charge in [-0.2, -0.15) is 4.98 Å². The molecule has 1 amide bonds. The van der Waals surface area contributed by atoms with Crippen LogP contribution in [0.15, 0.2) is 41.5 Å². The molecule has 0 aliphatic heterocycles. The fourth-order valence-corrected chi connectivity index (χ4v) is 1.65. The van der Waals surface area contributed by atoms with Gasteiger partial charge in [0.15, 0.2) is 0 Å². The van der Waals surface area contributed by atoms with Crippen molar-refractivity contribution in [3.05, 3.63) is 52.8 Å². The van der Waals surface area contributed by atoms with Gasteiger partial charge in [0, 0.05) is 31.1 Å². The van der Waals surface area contributed by atoms with Crippen LogP contribution in [-0.2, 0) is 17.8 Å². The van der Waals surface area contributed by atoms with Crippen LogP contribution in [0.1, 0.15) is 5.69 Å². The zero-order valence-electron chi connectivity index (χ0n) is 10.8. The van der Waals surface area contributed by atoms with Crippen molar-refractivity contribution in [1.82, 2.24) is 19.9 Å². The van der Waals surface area contributed by atoms with E-state index in [4.69, 9.17) is 5.73 Å². The first-order valence-electron chi connectivity index (χ1n) is 6.15. The minimum atomic E-state index is -0.537. The molecule has 7 heteroatoms. The van der Waals surface area contributed by atoms with Crippen LogP contribution in [0.3, 0.4) is 0 Å². The van der Waals surface area contributed by atoms with Crippen LogP contribution in [0.25, 0.3) is 0 Å². The first-order valence-corrected chi connectivity index (χ1v) is 6.15. The summed E-state index contributed by atoms with van der Waals surface area (Å²) in [5.74, 6) is -0.114. The molecule has 0 aliphatic rings. The number of anilines is 1. The average Bonchev–Trinajstić information content (AvgIpc) is 2.43. The Bertz CT molecular complexity index is 639. The van der Waals surface area contributed by atoms with E-state index < -0.39 is 5.69 Å². The average molecular weight is 273 g/mol. The molecule has 2 heterocycles. The Kier molecular flexibility index (Phi) is 4.43. The lowest BCUT2D eigenvalue weighted by atomic mass is 10.3. The van der Waals surface area contributed by atoms with Gasteiger partial charge in [-0.15, -0.1) is 0 Å². The molecule has 0 unspecified atom stereocenters. The van der Waals surface area contributed by atoms with E-state index in [1.165, 1.54) is 16.8 Å². The third kappa shape index (κ3) is 3.91. The van der Waals surface area contributed by atoms with Crippen molar-refractivity contribution in [2.24, 2.45) is 0 Å². The highest BCUT2D eigenvalue weighted by Gasteiger charge is 2.05. The molecule has 0 aliphatic carbocycles. The fraction of sp³-hybridized carbons (Fsp3) is 0.231. The SMILES string of the molecule is Nc1ccn(CC(=O)NCCc2ccccn2)c(=O)n1. The zero-order valence-corrected chi connectivity index (χ0v) is 10.8. The predicted octanol–water partition coefficient (Wildman–Crippen LogP) is -0.421. The summed E-state index contributed by atoms with van der Waals surface area (Å²) >= 11 is 0. The normalized spacial score (nSPS) is 10.2. The van der Waals surface area contributed by atoms with E-state index in [1.807, 2.05) is 18.2 Å². The van der Waals surface area contributed by atoms with Gasteiger partial charge in [-0.05, 0) is 18.2 Å². The largest absolute Gasteiger partial charge is 0.383 e. The number of amides is 1. The minimum Gasteiger partial charge on any atom is -0.383 e. The highest BCUT2D eigenvalue weighted by atomic mass is 16.2. The standard InChI is InChI=1S/C13H15N5O2/c14-11-5-8-18(13(20)17-11)9-12(19)16-7-4-10-3-1-2-6-15-10/h1-3,5-6,8H,4,7,9H2,(H,16,19)(H2,14,17,20). The van der Waals surface area contributed by atoms with E-state index in [1.54, 1.807) is 6.20 Å². The van der Waals surface area contributed by atoms with Crippen LogP contribution in [0.2, 0.25) is 0 Å². The van der Waals surface area contributed by atoms with Crippen LogP contribution in [0.5, 0.6) is 0 Å². The van der Waals surface area contributed by atoms with E-state index in [2.05, 4.69) is 15.3 Å². The highest BCUT2D eigenvalue weighted by Crippen LogP contribution is 1.93. The molecule has 2 aromatic rings. The highest BCUT2D eigenvalue weighted by molar-refractivity contribution is 5.75. The number of hydrogen-bond acceptors (Lipinski definition) is 5. The van der Waals surface area contributed by atoms with Gasteiger partial charge in [-0.25, -0.2) is 4.79 Å². The summed E-state index contributed by atoms with van der Waals surface area (Å²) in [6.07, 6.45) is 3.79. The molecule has 3 N–H and O–H groups in total. The van der Waals surface area contributed by atoms with Crippen molar-refractivity contribution in [3.8, 4) is 0 Å². The maximum Gasteiger partial charge on any atom is 0.349 e. The quantitative estimate of drug-likeness (QED) is 0.770. The molecule has 2 rings (SSSR count). The zero-order chi connectivity index (χ0) is 14.4. The Labute approximate surface area is 115 Å². The second kappa shape index (κ2) is 6.46. The molecule has 0 bridgehead atoms. The number of nitrogens with two attached hydrogens (primary N) is 1. The number of aromatic nitrogens is 3. The van der Waals surface area contributed by atoms with Gasteiger partial charge in [-0.3, -0.25) is 14.3 Å². The van der Waals surface area contributed by atoms with Crippen LogP contribution < -0.4 is 16.7 Å². The maximum absolute atomic E-state index is 11.7. The summed E-state index contributed by atoms with van der Waals surface area (Å²) in [5.41, 5.74) is 5.74. The Balaban J connectivity index is 1.82. The molecule has 0 radical (unpaired) electrons. The molecule has 0 spiro atoms. The van der Waals surface area contributed by atoms with Gasteiger partial charge in [0.25, 0.3) is 0 Å². The summed E-state index contributed by atoms with van der Waals surface area (Å²) in [4.78, 5) is 30.8. The molecule has 0 aromatic carbocycles. The molecule has 0 atom stereocenters. The van der Waals surface area contributed by atoms with Gasteiger partial charge < -0.3 is 11.1 Å². The molecule has 0 saturated carbocycles. The number of carbonyl (C=O) groups excluding carboxylic acids is 1. The van der Waals surface area contributed by atoms with Crippen molar-refractivity contribution in [2.45, 2.75) is 13.0 Å². The van der Waals surface area contributed by atoms with Gasteiger partial charge in [0.2, 0.25) is 5.91 Å². The van der Waals surface area contributed by atoms with Crippen LogP contribution >= 0.6 is 0 Å². The Hall–Kier alpha value is -2.70. The molecular weight excluding hydrogens is 258 g/mol. The Morgan fingerprint density at radius 1 is 1.35 bits per heavy atom. The van der Waals surface area contributed by atoms with E-state index in [0.29, 0.717) is 13.0 Å². The Morgan fingerprint density at radius 3 is 2.90 bits per heavy atom. The summed E-state index contributed by atoms with van der Waals surface area (Å²) in [7, 11) is 0. The van der Waals surface area contributed by atoms with E-state index in [-0.39, 0.29) is 18.3 Å². The lowest BCUT2D eigenvalue weighted by Gasteiger charge is -2.06. The first kappa shape index (κ1) is 13.7. The van der Waals surface area contributed by atoms with E-state index >= 15 is 0 Å². The van der Waals surface area contributed by atoms with Crippen LogP contribution in [0.4, 0.5) is 5.82 Å². The fourth-order valence-electron chi connectivity index (χ4n) is 1.65. The van der Waals surface area contributed by atoms with E-state index in [9.17, 15) is 9.59 Å². The number of pyridine rings is 1. The summed E-state index contributed by atoms with van der Waals surface area (Å²) < 4.78 is 1.20.